The van der Waals surface area contributed by atoms with Gasteiger partial charge in [0.05, 0.1) is 6.54 Å². The van der Waals surface area contributed by atoms with Gasteiger partial charge in [-0.2, -0.15) is 0 Å². The first-order chi connectivity index (χ1) is 7.50. The van der Waals surface area contributed by atoms with Crippen LogP contribution in [0.25, 0.3) is 0 Å². The van der Waals surface area contributed by atoms with Crippen LogP contribution in [0.1, 0.15) is 26.7 Å². The highest BCUT2D eigenvalue weighted by Crippen LogP contribution is 2.32. The summed E-state index contributed by atoms with van der Waals surface area (Å²) >= 11 is 0. The summed E-state index contributed by atoms with van der Waals surface area (Å²) in [5.41, 5.74) is 0. The van der Waals surface area contributed by atoms with E-state index in [0.29, 0.717) is 12.5 Å². The molecule has 0 aliphatic heterocycles. The minimum absolute atomic E-state index is 0.0835. The molecular formula is C11H20N2O3. The monoisotopic (exact) mass is 228 g/mol. The second kappa shape index (κ2) is 5.84. The van der Waals surface area contributed by atoms with E-state index in [1.54, 1.807) is 0 Å². The molecule has 92 valence electrons. The van der Waals surface area contributed by atoms with Crippen LogP contribution >= 0.6 is 0 Å². The Bertz CT molecular complexity index is 262. The van der Waals surface area contributed by atoms with E-state index in [4.69, 9.17) is 5.11 Å². The molecule has 0 saturated heterocycles. The lowest BCUT2D eigenvalue weighted by Gasteiger charge is -2.13. The van der Waals surface area contributed by atoms with Gasteiger partial charge in [-0.15, -0.1) is 0 Å². The fourth-order valence-electron chi connectivity index (χ4n) is 1.47. The molecule has 1 atom stereocenters. The highest BCUT2D eigenvalue weighted by atomic mass is 16.4. The molecule has 0 aromatic rings. The number of carboxylic acids is 1. The van der Waals surface area contributed by atoms with Crippen molar-refractivity contribution in [2.24, 2.45) is 11.8 Å². The average Bonchev–Trinajstić information content (AvgIpc) is 2.98. The number of aliphatic carboxylic acids is 1. The topological polar surface area (TPSA) is 78.4 Å². The summed E-state index contributed by atoms with van der Waals surface area (Å²) in [7, 11) is 0. The SMILES string of the molecule is CC(C)CNC(=O)CNC(C(=O)O)C1CC1. The molecule has 3 N–H and O–H groups in total. The minimum atomic E-state index is -0.862. The number of nitrogens with one attached hydrogen (secondary N) is 2. The van der Waals surface area contributed by atoms with E-state index < -0.39 is 12.0 Å². The zero-order valence-corrected chi connectivity index (χ0v) is 9.82. The Morgan fingerprint density at radius 2 is 2.00 bits per heavy atom. The molecule has 5 nitrogen and oxygen atoms in total. The summed E-state index contributed by atoms with van der Waals surface area (Å²) in [5, 5.41) is 14.5. The van der Waals surface area contributed by atoms with Crippen LogP contribution in [0.3, 0.4) is 0 Å². The summed E-state index contributed by atoms with van der Waals surface area (Å²) in [6, 6.07) is -0.565. The molecule has 1 aliphatic rings. The lowest BCUT2D eigenvalue weighted by atomic mass is 10.2. The van der Waals surface area contributed by atoms with Gasteiger partial charge in [0.1, 0.15) is 6.04 Å². The minimum Gasteiger partial charge on any atom is -0.480 e. The van der Waals surface area contributed by atoms with Crippen LogP contribution in [0.15, 0.2) is 0 Å². The maximum Gasteiger partial charge on any atom is 0.320 e. The summed E-state index contributed by atoms with van der Waals surface area (Å²) in [5.74, 6) is -0.391. The average molecular weight is 228 g/mol. The van der Waals surface area contributed by atoms with E-state index in [9.17, 15) is 9.59 Å². The zero-order valence-electron chi connectivity index (χ0n) is 9.82. The van der Waals surface area contributed by atoms with E-state index in [1.807, 2.05) is 13.8 Å². The molecule has 1 saturated carbocycles. The Morgan fingerprint density at radius 3 is 2.44 bits per heavy atom. The molecule has 0 heterocycles. The molecule has 1 rings (SSSR count). The molecule has 1 aliphatic carbocycles. The van der Waals surface area contributed by atoms with Gasteiger partial charge in [0.25, 0.3) is 0 Å². The number of carbonyl (C=O) groups is 2. The quantitative estimate of drug-likeness (QED) is 0.582. The summed E-state index contributed by atoms with van der Waals surface area (Å²) in [6.45, 7) is 4.73. The highest BCUT2D eigenvalue weighted by Gasteiger charge is 2.36. The Balaban J connectivity index is 2.21. The molecular weight excluding hydrogens is 208 g/mol. The van der Waals surface area contributed by atoms with Crippen LogP contribution < -0.4 is 10.6 Å². The van der Waals surface area contributed by atoms with E-state index in [-0.39, 0.29) is 18.4 Å². The number of carbonyl (C=O) groups excluding carboxylic acids is 1. The second-order valence-corrected chi connectivity index (χ2v) is 4.73. The van der Waals surface area contributed by atoms with Gasteiger partial charge >= 0.3 is 5.97 Å². The van der Waals surface area contributed by atoms with Gasteiger partial charge in [0, 0.05) is 6.54 Å². The number of amides is 1. The first-order valence-corrected chi connectivity index (χ1v) is 5.73. The predicted molar refractivity (Wildman–Crippen MR) is 60.0 cm³/mol. The maximum absolute atomic E-state index is 11.4. The predicted octanol–water partition coefficient (Wildman–Crippen LogP) is 0.211. The fourth-order valence-corrected chi connectivity index (χ4v) is 1.47. The van der Waals surface area contributed by atoms with Crippen LogP contribution in [0.5, 0.6) is 0 Å². The largest absolute Gasteiger partial charge is 0.480 e. The molecule has 1 fully saturated rings. The maximum atomic E-state index is 11.4. The van der Waals surface area contributed by atoms with Crippen molar-refractivity contribution in [3.05, 3.63) is 0 Å². The lowest BCUT2D eigenvalue weighted by Crippen LogP contribution is -2.44. The number of carboxylic acid groups (broad SMARTS) is 1. The van der Waals surface area contributed by atoms with Crippen LogP contribution in [-0.4, -0.2) is 36.1 Å². The van der Waals surface area contributed by atoms with Crippen LogP contribution in [-0.2, 0) is 9.59 Å². The molecule has 0 aromatic carbocycles. The van der Waals surface area contributed by atoms with Crippen LogP contribution in [0.2, 0.25) is 0 Å². The third-order valence-electron chi connectivity index (χ3n) is 2.55. The van der Waals surface area contributed by atoms with Crippen molar-refractivity contribution in [3.63, 3.8) is 0 Å². The highest BCUT2D eigenvalue weighted by molar-refractivity contribution is 5.80. The van der Waals surface area contributed by atoms with Crippen molar-refractivity contribution in [2.45, 2.75) is 32.7 Å². The van der Waals surface area contributed by atoms with Crippen molar-refractivity contribution < 1.29 is 14.7 Å². The normalized spacial score (nSPS) is 17.2. The van der Waals surface area contributed by atoms with Gasteiger partial charge in [-0.3, -0.25) is 14.9 Å². The van der Waals surface area contributed by atoms with Crippen molar-refractivity contribution in [3.8, 4) is 0 Å². The Hall–Kier alpha value is -1.10. The molecule has 1 unspecified atom stereocenters. The van der Waals surface area contributed by atoms with E-state index in [2.05, 4.69) is 10.6 Å². The molecule has 1 amide bonds. The Morgan fingerprint density at radius 1 is 1.38 bits per heavy atom. The molecule has 0 spiro atoms. The third-order valence-corrected chi connectivity index (χ3v) is 2.55. The van der Waals surface area contributed by atoms with Crippen molar-refractivity contribution in [1.82, 2.24) is 10.6 Å². The number of rotatable bonds is 7. The van der Waals surface area contributed by atoms with Crippen molar-refractivity contribution >= 4 is 11.9 Å². The van der Waals surface area contributed by atoms with Gasteiger partial charge in [-0.05, 0) is 24.7 Å². The van der Waals surface area contributed by atoms with Gasteiger partial charge in [0.15, 0.2) is 0 Å². The van der Waals surface area contributed by atoms with Gasteiger partial charge < -0.3 is 10.4 Å². The van der Waals surface area contributed by atoms with Crippen molar-refractivity contribution in [2.75, 3.05) is 13.1 Å². The number of hydrogen-bond acceptors (Lipinski definition) is 3. The van der Waals surface area contributed by atoms with Gasteiger partial charge in [-0.25, -0.2) is 0 Å². The van der Waals surface area contributed by atoms with E-state index >= 15 is 0 Å². The molecule has 16 heavy (non-hydrogen) atoms. The zero-order chi connectivity index (χ0) is 12.1. The number of hydrogen-bond donors (Lipinski definition) is 3. The van der Waals surface area contributed by atoms with Gasteiger partial charge in [-0.1, -0.05) is 13.8 Å². The summed E-state index contributed by atoms with van der Waals surface area (Å²) in [6.07, 6.45) is 1.88. The fraction of sp³-hybridized carbons (Fsp3) is 0.818. The van der Waals surface area contributed by atoms with Crippen LogP contribution in [0.4, 0.5) is 0 Å². The molecule has 0 aromatic heterocycles. The molecule has 0 bridgehead atoms. The Labute approximate surface area is 95.6 Å². The first kappa shape index (κ1) is 13.0. The summed E-state index contributed by atoms with van der Waals surface area (Å²) in [4.78, 5) is 22.2. The van der Waals surface area contributed by atoms with Crippen molar-refractivity contribution in [1.29, 1.82) is 0 Å². The second-order valence-electron chi connectivity index (χ2n) is 4.73. The van der Waals surface area contributed by atoms with E-state index in [0.717, 1.165) is 12.8 Å². The van der Waals surface area contributed by atoms with Crippen LogP contribution in [0, 0.1) is 11.8 Å². The lowest BCUT2D eigenvalue weighted by molar-refractivity contribution is -0.140. The summed E-state index contributed by atoms with van der Waals surface area (Å²) < 4.78 is 0. The van der Waals surface area contributed by atoms with Gasteiger partial charge in [0.2, 0.25) is 5.91 Å². The molecule has 5 heteroatoms. The first-order valence-electron chi connectivity index (χ1n) is 5.73. The third kappa shape index (κ3) is 4.61. The Kier molecular flexibility index (Phi) is 4.73. The van der Waals surface area contributed by atoms with E-state index in [1.165, 1.54) is 0 Å². The standard InChI is InChI=1S/C11H20N2O3/c1-7(2)5-12-9(14)6-13-10(11(15)16)8-3-4-8/h7-8,10,13H,3-6H2,1-2H3,(H,12,14)(H,15,16). The smallest absolute Gasteiger partial charge is 0.320 e. The molecule has 0 radical (unpaired) electrons.